The van der Waals surface area contributed by atoms with Crippen molar-refractivity contribution in [1.82, 2.24) is 0 Å². The molecule has 3 aromatic carbocycles. The van der Waals surface area contributed by atoms with Crippen LogP contribution in [0.1, 0.15) is 27.0 Å². The molecule has 0 aromatic heterocycles. The first kappa shape index (κ1) is 22.2. The van der Waals surface area contributed by atoms with Crippen molar-refractivity contribution in [2.75, 3.05) is 0 Å². The molecule has 0 radical (unpaired) electrons. The summed E-state index contributed by atoms with van der Waals surface area (Å²) in [6, 6.07) is 17.9. The molecule has 0 spiro atoms. The fraction of sp³-hybridized carbons (Fsp3) is 0.0500. The molecule has 0 amide bonds. The van der Waals surface area contributed by atoms with Crippen molar-refractivity contribution in [3.63, 3.8) is 0 Å². The van der Waals surface area contributed by atoms with Gasteiger partial charge in [-0.05, 0) is 30.3 Å². The van der Waals surface area contributed by atoms with E-state index in [4.69, 9.17) is 4.74 Å². The second kappa shape index (κ2) is 7.86. The van der Waals surface area contributed by atoms with Gasteiger partial charge in [0.25, 0.3) is 0 Å². The quantitative estimate of drug-likeness (QED) is 0.408. The zero-order valence-corrected chi connectivity index (χ0v) is 17.7. The molecule has 2 atom stereocenters. The highest BCUT2D eigenvalue weighted by Gasteiger charge is 2.48. The number of carbonyl (C=O) groups is 1. The standard InChI is InChI=1S/C20H16O10P2/c21-15-9-5-13(6-10-15)20(18-4-2-1-3-17(18)19(22)28-20)14-7-11-16(12-8-14)29-32(26,27)30-31(23,24)25/h1-12,21H,(H,26,27)(H2,23,24,25)/p-3/t20-/m0/s1. The molecule has 4 rings (SSSR count). The predicted octanol–water partition coefficient (Wildman–Crippen LogP) is 1.55. The number of carbonyl (C=O) groups excluding carboxylic acids is 1. The number of hydrogen-bond acceptors (Lipinski definition) is 10. The van der Waals surface area contributed by atoms with E-state index in [9.17, 15) is 33.7 Å². The summed E-state index contributed by atoms with van der Waals surface area (Å²) in [7, 11) is -11.3. The first-order valence-electron chi connectivity index (χ1n) is 8.97. The minimum absolute atomic E-state index is 0.00508. The number of phenols is 1. The Balaban J connectivity index is 1.78. The summed E-state index contributed by atoms with van der Waals surface area (Å²) >= 11 is 0. The largest absolute Gasteiger partial charge is 0.789 e. The number of phenolic OH excluding ortho intramolecular Hbond substituents is 1. The molecule has 1 aliphatic rings. The summed E-state index contributed by atoms with van der Waals surface area (Å²) < 4.78 is 35.9. The molecule has 0 bridgehead atoms. The predicted molar refractivity (Wildman–Crippen MR) is 103 cm³/mol. The van der Waals surface area contributed by atoms with Crippen LogP contribution in [-0.2, 0) is 23.8 Å². The van der Waals surface area contributed by atoms with Crippen LogP contribution in [0.25, 0.3) is 0 Å². The van der Waals surface area contributed by atoms with E-state index in [0.29, 0.717) is 22.3 Å². The van der Waals surface area contributed by atoms with Gasteiger partial charge in [0.15, 0.2) is 5.60 Å². The highest BCUT2D eigenvalue weighted by molar-refractivity contribution is 7.58. The smallest absolute Gasteiger partial charge is 0.340 e. The average Bonchev–Trinajstić information content (AvgIpc) is 3.01. The van der Waals surface area contributed by atoms with Gasteiger partial charge in [0, 0.05) is 16.7 Å². The Morgan fingerprint density at radius 2 is 1.41 bits per heavy atom. The lowest BCUT2D eigenvalue weighted by molar-refractivity contribution is -0.339. The summed E-state index contributed by atoms with van der Waals surface area (Å²) in [6.07, 6.45) is 0. The third-order valence-corrected chi connectivity index (χ3v) is 6.76. The number of benzene rings is 3. The third-order valence-electron chi connectivity index (χ3n) is 4.72. The molecular weight excluding hydrogens is 462 g/mol. The zero-order valence-electron chi connectivity index (χ0n) is 15.9. The normalized spacial score (nSPS) is 19.7. The summed E-state index contributed by atoms with van der Waals surface area (Å²) in [6.45, 7) is 0. The molecule has 1 N–H and O–H groups in total. The number of cyclic esters (lactones) is 1. The van der Waals surface area contributed by atoms with Gasteiger partial charge >= 0.3 is 13.8 Å². The second-order valence-corrected chi connectivity index (χ2v) is 9.38. The number of phosphoric ester groups is 1. The van der Waals surface area contributed by atoms with E-state index in [0.717, 1.165) is 0 Å². The number of hydrogen-bond donors (Lipinski definition) is 1. The van der Waals surface area contributed by atoms with E-state index in [1.165, 1.54) is 36.4 Å². The highest BCUT2D eigenvalue weighted by Crippen LogP contribution is 2.51. The fourth-order valence-electron chi connectivity index (χ4n) is 3.53. The van der Waals surface area contributed by atoms with Crippen molar-refractivity contribution in [1.29, 1.82) is 0 Å². The van der Waals surface area contributed by atoms with Crippen LogP contribution in [0.2, 0.25) is 0 Å². The molecule has 32 heavy (non-hydrogen) atoms. The van der Waals surface area contributed by atoms with Gasteiger partial charge in [-0.25, -0.2) is 4.79 Å². The third kappa shape index (κ3) is 4.20. The summed E-state index contributed by atoms with van der Waals surface area (Å²) in [5, 5.41) is 9.67. The molecular formula is C20H13O10P2-3. The van der Waals surface area contributed by atoms with Gasteiger partial charge < -0.3 is 33.6 Å². The molecule has 12 heteroatoms. The Kier molecular flexibility index (Phi) is 5.46. The maximum atomic E-state index is 12.6. The Bertz CT molecular complexity index is 1270. The summed E-state index contributed by atoms with van der Waals surface area (Å²) in [5.74, 6) is -0.905. The lowest BCUT2D eigenvalue weighted by atomic mass is 9.80. The van der Waals surface area contributed by atoms with Crippen molar-refractivity contribution in [2.24, 2.45) is 0 Å². The van der Waals surface area contributed by atoms with Gasteiger partial charge in [-0.1, -0.05) is 42.5 Å². The molecule has 1 heterocycles. The van der Waals surface area contributed by atoms with Crippen LogP contribution in [0.15, 0.2) is 72.8 Å². The van der Waals surface area contributed by atoms with E-state index in [2.05, 4.69) is 8.83 Å². The molecule has 1 unspecified atom stereocenters. The highest BCUT2D eigenvalue weighted by atomic mass is 31.3. The van der Waals surface area contributed by atoms with Crippen LogP contribution >= 0.6 is 15.6 Å². The van der Waals surface area contributed by atoms with Crippen LogP contribution in [0, 0.1) is 0 Å². The number of fused-ring (bicyclic) bond motifs is 1. The first-order chi connectivity index (χ1) is 15.0. The summed E-state index contributed by atoms with van der Waals surface area (Å²) in [5.41, 5.74) is 0.380. The van der Waals surface area contributed by atoms with E-state index in [-0.39, 0.29) is 11.5 Å². The lowest BCUT2D eigenvalue weighted by Gasteiger charge is -2.35. The summed E-state index contributed by atoms with van der Waals surface area (Å²) in [4.78, 5) is 45.3. The Morgan fingerprint density at radius 3 is 2.00 bits per heavy atom. The van der Waals surface area contributed by atoms with Crippen molar-refractivity contribution < 1.29 is 47.3 Å². The lowest BCUT2D eigenvalue weighted by Crippen LogP contribution is -2.29. The number of ether oxygens (including phenoxy) is 1. The van der Waals surface area contributed by atoms with Gasteiger partial charge in [0.05, 0.1) is 13.4 Å². The topological polar surface area (TPSA) is 168 Å². The van der Waals surface area contributed by atoms with Crippen LogP contribution < -0.4 is 19.2 Å². The van der Waals surface area contributed by atoms with Crippen LogP contribution in [0.5, 0.6) is 11.5 Å². The molecule has 3 aromatic rings. The molecule has 0 fully saturated rings. The minimum atomic E-state index is -5.83. The van der Waals surface area contributed by atoms with Gasteiger partial charge in [0.2, 0.25) is 0 Å². The fourth-order valence-corrected chi connectivity index (χ4v) is 5.02. The van der Waals surface area contributed by atoms with Crippen LogP contribution in [0.3, 0.4) is 0 Å². The molecule has 0 saturated carbocycles. The SMILES string of the molecule is O=C1O[C@@](c2ccc(O)cc2)(c2ccc(OP(=O)([O-])OP(=O)([O-])[O-])cc2)c2ccccc21. The van der Waals surface area contributed by atoms with E-state index in [1.54, 1.807) is 36.4 Å². The average molecular weight is 475 g/mol. The molecule has 0 aliphatic carbocycles. The first-order valence-corrected chi connectivity index (χ1v) is 11.9. The zero-order chi connectivity index (χ0) is 23.1. The maximum absolute atomic E-state index is 12.6. The molecule has 166 valence electrons. The van der Waals surface area contributed by atoms with Crippen molar-refractivity contribution in [2.45, 2.75) is 5.60 Å². The van der Waals surface area contributed by atoms with Gasteiger partial charge in [-0.2, -0.15) is 0 Å². The Morgan fingerprint density at radius 1 is 0.844 bits per heavy atom. The van der Waals surface area contributed by atoms with Gasteiger partial charge in [-0.15, -0.1) is 0 Å². The minimum Gasteiger partial charge on any atom is -0.789 e. The van der Waals surface area contributed by atoms with Gasteiger partial charge in [-0.3, -0.25) is 8.88 Å². The number of rotatable bonds is 6. The van der Waals surface area contributed by atoms with Crippen LogP contribution in [0.4, 0.5) is 0 Å². The molecule has 1 aliphatic heterocycles. The number of esters is 1. The van der Waals surface area contributed by atoms with E-state index >= 15 is 0 Å². The monoisotopic (exact) mass is 475 g/mol. The van der Waals surface area contributed by atoms with Crippen molar-refractivity contribution in [3.05, 3.63) is 95.1 Å². The molecule has 10 nitrogen and oxygen atoms in total. The van der Waals surface area contributed by atoms with Crippen LogP contribution in [-0.4, -0.2) is 11.1 Å². The number of aromatic hydroxyl groups is 1. The Labute approximate surface area is 181 Å². The van der Waals surface area contributed by atoms with E-state index < -0.39 is 27.2 Å². The van der Waals surface area contributed by atoms with Gasteiger partial charge in [0.1, 0.15) is 11.5 Å². The van der Waals surface area contributed by atoms with Crippen molar-refractivity contribution in [3.8, 4) is 11.5 Å². The van der Waals surface area contributed by atoms with E-state index in [1.807, 2.05) is 0 Å². The Hall–Kier alpha value is -2.97. The maximum Gasteiger partial charge on any atom is 0.340 e. The second-order valence-electron chi connectivity index (χ2n) is 6.75. The van der Waals surface area contributed by atoms with Crippen molar-refractivity contribution >= 4 is 21.6 Å². The molecule has 0 saturated heterocycles. The number of phosphoric acid groups is 2.